The average molecular weight is 505 g/mol. The average Bonchev–Trinajstić information content (AvgIpc) is 3.31. The molecular formula is C33H32N2O3. The van der Waals surface area contributed by atoms with Crippen LogP contribution in [0, 0.1) is 0 Å². The summed E-state index contributed by atoms with van der Waals surface area (Å²) < 4.78 is 0. The number of hydrogen-bond donors (Lipinski definition) is 2. The number of carbonyl (C=O) groups excluding carboxylic acids is 1. The van der Waals surface area contributed by atoms with Gasteiger partial charge in [0.2, 0.25) is 5.78 Å². The predicted octanol–water partition coefficient (Wildman–Crippen LogP) is 6.97. The van der Waals surface area contributed by atoms with Crippen molar-refractivity contribution in [2.75, 3.05) is 23.9 Å². The van der Waals surface area contributed by atoms with E-state index in [4.69, 9.17) is 0 Å². The van der Waals surface area contributed by atoms with Crippen molar-refractivity contribution in [1.29, 1.82) is 0 Å². The van der Waals surface area contributed by atoms with Gasteiger partial charge in [-0.25, -0.2) is 0 Å². The molecule has 192 valence electrons. The predicted molar refractivity (Wildman–Crippen MR) is 154 cm³/mol. The third-order valence-electron chi connectivity index (χ3n) is 8.62. The van der Waals surface area contributed by atoms with Crippen molar-refractivity contribution >= 4 is 27.9 Å². The Hall–Kier alpha value is -4.25. The van der Waals surface area contributed by atoms with Gasteiger partial charge >= 0.3 is 0 Å². The molecule has 3 aromatic carbocycles. The summed E-state index contributed by atoms with van der Waals surface area (Å²) in [5.74, 6) is -1.19. The highest BCUT2D eigenvalue weighted by Gasteiger charge is 2.43. The van der Waals surface area contributed by atoms with Gasteiger partial charge in [-0.05, 0) is 46.2 Å². The minimum absolute atomic E-state index is 0.110. The van der Waals surface area contributed by atoms with Crippen LogP contribution in [0.15, 0.2) is 107 Å². The van der Waals surface area contributed by atoms with Crippen molar-refractivity contribution in [2.24, 2.45) is 0 Å². The fourth-order valence-electron chi connectivity index (χ4n) is 6.57. The van der Waals surface area contributed by atoms with E-state index in [0.29, 0.717) is 0 Å². The number of likely N-dealkylation sites (N-methyl/N-ethyl adjacent to an activating group) is 2. The number of aliphatic hydroxyl groups excluding tert-OH is 2. The van der Waals surface area contributed by atoms with Gasteiger partial charge in [0.25, 0.3) is 0 Å². The molecular weight excluding hydrogens is 472 g/mol. The number of anilines is 2. The van der Waals surface area contributed by atoms with Gasteiger partial charge < -0.3 is 20.0 Å². The van der Waals surface area contributed by atoms with E-state index in [1.807, 2.05) is 49.3 Å². The van der Waals surface area contributed by atoms with Gasteiger partial charge in [-0.1, -0.05) is 76.2 Å². The molecule has 0 radical (unpaired) electrons. The summed E-state index contributed by atoms with van der Waals surface area (Å²) in [6, 6.07) is 20.7. The molecule has 3 aliphatic rings. The number of Topliss-reactive ketones (excluding diaryl/α,β-unsaturated/α-hetero) is 1. The maximum Gasteiger partial charge on any atom is 0.231 e. The molecule has 0 spiro atoms. The number of ketones is 1. The van der Waals surface area contributed by atoms with Gasteiger partial charge in [-0.15, -0.1) is 0 Å². The summed E-state index contributed by atoms with van der Waals surface area (Å²) in [6.45, 7) is 8.48. The third kappa shape index (κ3) is 3.08. The largest absolute Gasteiger partial charge is 0.506 e. The third-order valence-corrected chi connectivity index (χ3v) is 8.62. The molecule has 0 fully saturated rings. The van der Waals surface area contributed by atoms with E-state index in [1.54, 1.807) is 12.2 Å². The fraction of sp³-hybridized carbons (Fsp3) is 0.242. The quantitative estimate of drug-likeness (QED) is 0.395. The summed E-state index contributed by atoms with van der Waals surface area (Å²) in [7, 11) is 3.95. The number of fused-ring (bicyclic) bond motifs is 4. The highest BCUT2D eigenvalue weighted by Crippen LogP contribution is 2.51. The monoisotopic (exact) mass is 504 g/mol. The molecule has 0 aromatic heterocycles. The number of nitrogens with zero attached hydrogens (tertiary/aromatic N) is 2. The topological polar surface area (TPSA) is 64.0 Å². The molecule has 0 atom stereocenters. The Morgan fingerprint density at radius 3 is 2.03 bits per heavy atom. The van der Waals surface area contributed by atoms with E-state index in [9.17, 15) is 15.0 Å². The van der Waals surface area contributed by atoms with Gasteiger partial charge in [0.1, 0.15) is 5.76 Å². The molecule has 3 aromatic rings. The van der Waals surface area contributed by atoms with Gasteiger partial charge in [-0.2, -0.15) is 0 Å². The summed E-state index contributed by atoms with van der Waals surface area (Å²) >= 11 is 0. The lowest BCUT2D eigenvalue weighted by Gasteiger charge is -2.25. The molecule has 5 nitrogen and oxygen atoms in total. The SMILES string of the molecule is CN1/C(=C\C2=C(O)C(/C=C3\N(C)c4ccc5ccccc5c4C3(C)C)=C(O)C2=O)C(C)(C)c2ccccc21. The van der Waals surface area contributed by atoms with Crippen LogP contribution >= 0.6 is 0 Å². The van der Waals surface area contributed by atoms with Gasteiger partial charge in [0, 0.05) is 47.7 Å². The number of benzene rings is 3. The van der Waals surface area contributed by atoms with E-state index in [1.165, 1.54) is 10.9 Å². The zero-order valence-corrected chi connectivity index (χ0v) is 22.6. The van der Waals surface area contributed by atoms with Crippen LogP contribution in [0.4, 0.5) is 11.4 Å². The molecule has 2 aliphatic heterocycles. The van der Waals surface area contributed by atoms with Crippen LogP contribution in [0.5, 0.6) is 0 Å². The molecule has 0 saturated heterocycles. The summed E-state index contributed by atoms with van der Waals surface area (Å²) in [6.07, 6.45) is 3.49. The second kappa shape index (κ2) is 7.87. The van der Waals surface area contributed by atoms with E-state index in [0.717, 1.165) is 33.7 Å². The minimum atomic E-state index is -0.566. The maximum atomic E-state index is 13.3. The first-order chi connectivity index (χ1) is 18.0. The molecule has 0 saturated carbocycles. The standard InChI is InChI=1S/C33H32N2O3/c1-32(2)23-13-9-10-14-24(23)34(5)26(32)17-21-29(36)22(31(38)30(21)37)18-27-33(3,4)28-20-12-8-7-11-19(20)15-16-25(28)35(27)6/h7-18,36H,1-6H3,(H,37,38)/b26-17-,27-18-. The molecule has 6 rings (SSSR count). The zero-order chi connectivity index (χ0) is 27.1. The van der Waals surface area contributed by atoms with Crippen molar-refractivity contribution in [3.63, 3.8) is 0 Å². The fourth-order valence-corrected chi connectivity index (χ4v) is 6.57. The first-order valence-corrected chi connectivity index (χ1v) is 12.9. The molecule has 0 bridgehead atoms. The van der Waals surface area contributed by atoms with E-state index < -0.39 is 17.0 Å². The molecule has 38 heavy (non-hydrogen) atoms. The molecule has 2 N–H and O–H groups in total. The second-order valence-electron chi connectivity index (χ2n) is 11.5. The Bertz CT molecular complexity index is 1680. The minimum Gasteiger partial charge on any atom is -0.506 e. The Morgan fingerprint density at radius 1 is 0.684 bits per heavy atom. The Balaban J connectivity index is 1.46. The van der Waals surface area contributed by atoms with Gasteiger partial charge in [0.05, 0.1) is 11.1 Å². The number of allylic oxidation sites excluding steroid dienone is 5. The summed E-state index contributed by atoms with van der Waals surface area (Å²) in [5, 5.41) is 24.6. The van der Waals surface area contributed by atoms with Gasteiger partial charge in [-0.3, -0.25) is 4.79 Å². The Kier molecular flexibility index (Phi) is 5.00. The Labute approximate surface area is 223 Å². The molecule has 1 aliphatic carbocycles. The first kappa shape index (κ1) is 24.1. The smallest absolute Gasteiger partial charge is 0.231 e. The van der Waals surface area contributed by atoms with Crippen LogP contribution in [0.2, 0.25) is 0 Å². The highest BCUT2D eigenvalue weighted by molar-refractivity contribution is 6.14. The molecule has 0 unspecified atom stereocenters. The summed E-state index contributed by atoms with van der Waals surface area (Å²) in [5.41, 5.74) is 5.73. The van der Waals surface area contributed by atoms with Crippen molar-refractivity contribution < 1.29 is 15.0 Å². The van der Waals surface area contributed by atoms with Crippen molar-refractivity contribution in [1.82, 2.24) is 0 Å². The molecule has 5 heteroatoms. The van der Waals surface area contributed by atoms with E-state index >= 15 is 0 Å². The first-order valence-electron chi connectivity index (χ1n) is 12.9. The normalized spacial score (nSPS) is 21.9. The van der Waals surface area contributed by atoms with Crippen LogP contribution in [-0.4, -0.2) is 30.1 Å². The molecule has 2 heterocycles. The van der Waals surface area contributed by atoms with Crippen molar-refractivity contribution in [3.05, 3.63) is 118 Å². The highest BCUT2D eigenvalue weighted by atomic mass is 16.3. The Morgan fingerprint density at radius 2 is 1.29 bits per heavy atom. The lowest BCUT2D eigenvalue weighted by Crippen LogP contribution is -2.23. The van der Waals surface area contributed by atoms with Crippen molar-refractivity contribution in [2.45, 2.75) is 38.5 Å². The summed E-state index contributed by atoms with van der Waals surface area (Å²) in [4.78, 5) is 17.4. The van der Waals surface area contributed by atoms with Crippen LogP contribution in [0.25, 0.3) is 10.8 Å². The number of carbonyl (C=O) groups is 1. The zero-order valence-electron chi connectivity index (χ0n) is 22.6. The van der Waals surface area contributed by atoms with Gasteiger partial charge in [0.15, 0.2) is 5.76 Å². The lowest BCUT2D eigenvalue weighted by atomic mass is 9.80. The van der Waals surface area contributed by atoms with Crippen molar-refractivity contribution in [3.8, 4) is 0 Å². The van der Waals surface area contributed by atoms with Crippen LogP contribution in [0.1, 0.15) is 38.8 Å². The van der Waals surface area contributed by atoms with E-state index in [-0.39, 0.29) is 22.3 Å². The number of para-hydroxylation sites is 1. The van der Waals surface area contributed by atoms with Crippen LogP contribution in [-0.2, 0) is 15.6 Å². The maximum absolute atomic E-state index is 13.3. The molecule has 0 amide bonds. The number of hydrogen-bond acceptors (Lipinski definition) is 5. The van der Waals surface area contributed by atoms with Crippen LogP contribution in [0.3, 0.4) is 0 Å². The lowest BCUT2D eigenvalue weighted by molar-refractivity contribution is -0.114. The number of aliphatic hydroxyl groups is 2. The van der Waals surface area contributed by atoms with Crippen LogP contribution < -0.4 is 9.80 Å². The van der Waals surface area contributed by atoms with E-state index in [2.05, 4.69) is 62.9 Å². The number of rotatable bonds is 2. The second-order valence-corrected chi connectivity index (χ2v) is 11.5.